The zero-order valence-electron chi connectivity index (χ0n) is 16.4. The number of phenolic OH excluding ortho intramolecular Hbond substituents is 1. The second-order valence-corrected chi connectivity index (χ2v) is 8.10. The lowest BCUT2D eigenvalue weighted by Crippen LogP contribution is -2.48. The molecule has 0 radical (unpaired) electrons. The molecule has 1 saturated carbocycles. The number of para-hydroxylation sites is 1. The smallest absolute Gasteiger partial charge is 0.256 e. The number of likely N-dealkylation sites (N-methyl/N-ethyl adjacent to an activating group) is 1. The fourth-order valence-corrected chi connectivity index (χ4v) is 4.74. The Kier molecular flexibility index (Phi) is 5.39. The Hall–Kier alpha value is -2.01. The fourth-order valence-electron chi connectivity index (χ4n) is 4.74. The number of piperazine rings is 1. The molecule has 0 unspecified atom stereocenters. The van der Waals surface area contributed by atoms with Crippen LogP contribution in [0.1, 0.15) is 49.4 Å². The highest BCUT2D eigenvalue weighted by Gasteiger charge is 2.26. The van der Waals surface area contributed by atoms with E-state index < -0.39 is 0 Å². The summed E-state index contributed by atoms with van der Waals surface area (Å²) in [7, 11) is 0. The van der Waals surface area contributed by atoms with Gasteiger partial charge in [0, 0.05) is 44.3 Å². The molecule has 1 N–H and O–H groups in total. The van der Waals surface area contributed by atoms with Gasteiger partial charge >= 0.3 is 0 Å². The molecule has 1 amide bonds. The van der Waals surface area contributed by atoms with E-state index in [0.717, 1.165) is 55.7 Å². The standard InChI is InChI=1S/C22H31N3O2/c1-2-23-11-13-24(14-12-23)22(27)19-16-25(15-17-7-4-3-5-8-17)21-18(19)9-6-10-20(21)26/h6,9-10,16-17,26H,2-5,7-8,11-15H2,1H3. The molecule has 5 nitrogen and oxygen atoms in total. The van der Waals surface area contributed by atoms with Gasteiger partial charge in [-0.2, -0.15) is 0 Å². The lowest BCUT2D eigenvalue weighted by Gasteiger charge is -2.34. The maximum atomic E-state index is 13.2. The van der Waals surface area contributed by atoms with Gasteiger partial charge in [0.1, 0.15) is 5.75 Å². The molecule has 1 aliphatic heterocycles. The van der Waals surface area contributed by atoms with Crippen molar-refractivity contribution in [1.82, 2.24) is 14.4 Å². The molecule has 2 heterocycles. The second-order valence-electron chi connectivity index (χ2n) is 8.10. The molecule has 4 rings (SSSR count). The molecule has 0 bridgehead atoms. The van der Waals surface area contributed by atoms with Gasteiger partial charge in [-0.15, -0.1) is 0 Å². The Morgan fingerprint density at radius 3 is 2.56 bits per heavy atom. The lowest BCUT2D eigenvalue weighted by atomic mass is 9.89. The number of phenols is 1. The van der Waals surface area contributed by atoms with E-state index in [4.69, 9.17) is 0 Å². The van der Waals surface area contributed by atoms with E-state index in [0.29, 0.717) is 5.92 Å². The van der Waals surface area contributed by atoms with E-state index in [1.54, 1.807) is 6.07 Å². The van der Waals surface area contributed by atoms with E-state index in [9.17, 15) is 9.90 Å². The number of benzene rings is 1. The highest BCUT2D eigenvalue weighted by Crippen LogP contribution is 2.33. The third-order valence-electron chi connectivity index (χ3n) is 6.39. The third kappa shape index (κ3) is 3.70. The minimum absolute atomic E-state index is 0.101. The highest BCUT2D eigenvalue weighted by atomic mass is 16.3. The summed E-state index contributed by atoms with van der Waals surface area (Å²) in [5.74, 6) is 1.02. The average Bonchev–Trinajstić information content (AvgIpc) is 3.08. The average molecular weight is 370 g/mol. The number of amides is 1. The molecule has 0 spiro atoms. The monoisotopic (exact) mass is 369 g/mol. The quantitative estimate of drug-likeness (QED) is 0.894. The predicted molar refractivity (Wildman–Crippen MR) is 108 cm³/mol. The maximum Gasteiger partial charge on any atom is 0.256 e. The highest BCUT2D eigenvalue weighted by molar-refractivity contribution is 6.08. The van der Waals surface area contributed by atoms with Crippen molar-refractivity contribution < 1.29 is 9.90 Å². The van der Waals surface area contributed by atoms with Gasteiger partial charge in [-0.05, 0) is 31.4 Å². The topological polar surface area (TPSA) is 48.7 Å². The number of rotatable bonds is 4. The molecular weight excluding hydrogens is 338 g/mol. The molecule has 27 heavy (non-hydrogen) atoms. The van der Waals surface area contributed by atoms with E-state index in [1.165, 1.54) is 32.1 Å². The van der Waals surface area contributed by atoms with Gasteiger partial charge < -0.3 is 19.5 Å². The number of carbonyl (C=O) groups is 1. The van der Waals surface area contributed by atoms with Gasteiger partial charge in [0.25, 0.3) is 5.91 Å². The van der Waals surface area contributed by atoms with Crippen LogP contribution in [-0.2, 0) is 6.54 Å². The van der Waals surface area contributed by atoms with Crippen LogP contribution in [-0.4, -0.2) is 58.1 Å². The molecule has 5 heteroatoms. The van der Waals surface area contributed by atoms with Crippen LogP contribution in [0.25, 0.3) is 10.9 Å². The minimum atomic E-state index is 0.101. The minimum Gasteiger partial charge on any atom is -0.506 e. The summed E-state index contributed by atoms with van der Waals surface area (Å²) < 4.78 is 2.14. The summed E-state index contributed by atoms with van der Waals surface area (Å²) in [6.07, 6.45) is 8.41. The number of hydrogen-bond acceptors (Lipinski definition) is 3. The van der Waals surface area contributed by atoms with Crippen molar-refractivity contribution in [3.8, 4) is 5.75 Å². The van der Waals surface area contributed by atoms with Crippen LogP contribution in [0.3, 0.4) is 0 Å². The number of aromatic hydroxyl groups is 1. The Balaban J connectivity index is 1.62. The normalized spacial score (nSPS) is 19.7. The first-order chi connectivity index (χ1) is 13.2. The molecule has 2 fully saturated rings. The molecule has 2 aliphatic rings. The van der Waals surface area contributed by atoms with Crippen molar-refractivity contribution in [2.24, 2.45) is 5.92 Å². The Labute approximate surface area is 161 Å². The van der Waals surface area contributed by atoms with Gasteiger partial charge in [-0.3, -0.25) is 4.79 Å². The Bertz CT molecular complexity index is 799. The molecular formula is C22H31N3O2. The maximum absolute atomic E-state index is 13.2. The Morgan fingerprint density at radius 1 is 1.11 bits per heavy atom. The molecule has 0 atom stereocenters. The zero-order chi connectivity index (χ0) is 18.8. The SMILES string of the molecule is CCN1CCN(C(=O)c2cn(CC3CCCCC3)c3c(O)cccc23)CC1. The van der Waals surface area contributed by atoms with E-state index in [-0.39, 0.29) is 11.7 Å². The number of nitrogens with zero attached hydrogens (tertiary/aromatic N) is 3. The fraction of sp³-hybridized carbons (Fsp3) is 0.591. The number of aromatic nitrogens is 1. The molecule has 2 aromatic rings. The van der Waals surface area contributed by atoms with Crippen molar-refractivity contribution in [2.45, 2.75) is 45.6 Å². The van der Waals surface area contributed by atoms with Gasteiger partial charge in [-0.1, -0.05) is 38.3 Å². The van der Waals surface area contributed by atoms with Crippen LogP contribution < -0.4 is 0 Å². The zero-order valence-corrected chi connectivity index (χ0v) is 16.4. The number of carbonyl (C=O) groups excluding carboxylic acids is 1. The predicted octanol–water partition coefficient (Wildman–Crippen LogP) is 3.70. The van der Waals surface area contributed by atoms with Gasteiger partial charge in [0.15, 0.2) is 0 Å². The van der Waals surface area contributed by atoms with Crippen LogP contribution in [0.2, 0.25) is 0 Å². The van der Waals surface area contributed by atoms with Crippen LogP contribution >= 0.6 is 0 Å². The van der Waals surface area contributed by atoms with Crippen LogP contribution in [0.4, 0.5) is 0 Å². The van der Waals surface area contributed by atoms with Crippen molar-refractivity contribution in [3.63, 3.8) is 0 Å². The van der Waals surface area contributed by atoms with Crippen LogP contribution in [0.15, 0.2) is 24.4 Å². The van der Waals surface area contributed by atoms with Crippen molar-refractivity contribution in [1.29, 1.82) is 0 Å². The lowest BCUT2D eigenvalue weighted by molar-refractivity contribution is 0.0645. The van der Waals surface area contributed by atoms with E-state index >= 15 is 0 Å². The van der Waals surface area contributed by atoms with Gasteiger partial charge in [0.2, 0.25) is 0 Å². The Morgan fingerprint density at radius 2 is 1.85 bits per heavy atom. The van der Waals surface area contributed by atoms with Gasteiger partial charge in [0.05, 0.1) is 11.1 Å². The summed E-state index contributed by atoms with van der Waals surface area (Å²) in [6, 6.07) is 5.55. The first-order valence-electron chi connectivity index (χ1n) is 10.5. The molecule has 1 saturated heterocycles. The first kappa shape index (κ1) is 18.4. The molecule has 1 aliphatic carbocycles. The second kappa shape index (κ2) is 7.93. The summed E-state index contributed by atoms with van der Waals surface area (Å²) in [4.78, 5) is 17.6. The van der Waals surface area contributed by atoms with E-state index in [1.807, 2.05) is 23.2 Å². The molecule has 1 aromatic carbocycles. The number of hydrogen-bond donors (Lipinski definition) is 1. The summed E-state index contributed by atoms with van der Waals surface area (Å²) in [5, 5.41) is 11.4. The number of fused-ring (bicyclic) bond motifs is 1. The van der Waals surface area contributed by atoms with Gasteiger partial charge in [-0.25, -0.2) is 0 Å². The first-order valence-corrected chi connectivity index (χ1v) is 10.5. The van der Waals surface area contributed by atoms with Crippen LogP contribution in [0.5, 0.6) is 5.75 Å². The largest absolute Gasteiger partial charge is 0.506 e. The van der Waals surface area contributed by atoms with Crippen molar-refractivity contribution in [3.05, 3.63) is 30.0 Å². The van der Waals surface area contributed by atoms with E-state index in [2.05, 4.69) is 16.4 Å². The molecule has 146 valence electrons. The molecule has 1 aromatic heterocycles. The third-order valence-corrected chi connectivity index (χ3v) is 6.39. The van der Waals surface area contributed by atoms with Crippen molar-refractivity contribution in [2.75, 3.05) is 32.7 Å². The van der Waals surface area contributed by atoms with Crippen molar-refractivity contribution >= 4 is 16.8 Å². The van der Waals surface area contributed by atoms with Crippen LogP contribution in [0, 0.1) is 5.92 Å². The summed E-state index contributed by atoms with van der Waals surface area (Å²) in [6.45, 7) is 7.53. The summed E-state index contributed by atoms with van der Waals surface area (Å²) >= 11 is 0. The summed E-state index contributed by atoms with van der Waals surface area (Å²) in [5.41, 5.74) is 1.56.